The zero-order chi connectivity index (χ0) is 14.7. The Kier molecular flexibility index (Phi) is 5.06. The molecule has 0 radical (unpaired) electrons. The summed E-state index contributed by atoms with van der Waals surface area (Å²) in [4.78, 5) is 25.8. The molecule has 2 rings (SSSR count). The number of nitrogens with zero attached hydrogens (tertiary/aromatic N) is 1. The van der Waals surface area contributed by atoms with Gasteiger partial charge in [-0.3, -0.25) is 9.59 Å². The van der Waals surface area contributed by atoms with Crippen molar-refractivity contribution in [3.63, 3.8) is 0 Å². The Balaban J connectivity index is 1.85. The number of hydrogen-bond acceptors (Lipinski definition) is 2. The summed E-state index contributed by atoms with van der Waals surface area (Å²) in [6.07, 6.45) is 6.24. The fourth-order valence-electron chi connectivity index (χ4n) is 3.33. The van der Waals surface area contributed by atoms with Gasteiger partial charge >= 0.3 is 0 Å². The van der Waals surface area contributed by atoms with Crippen LogP contribution in [0.5, 0.6) is 0 Å². The number of rotatable bonds is 4. The van der Waals surface area contributed by atoms with Crippen molar-refractivity contribution in [2.45, 2.75) is 58.9 Å². The molecule has 2 fully saturated rings. The molecule has 1 N–H and O–H groups in total. The van der Waals surface area contributed by atoms with Gasteiger partial charge in [-0.25, -0.2) is 0 Å². The molecule has 1 saturated heterocycles. The van der Waals surface area contributed by atoms with Crippen LogP contribution in [0.4, 0.5) is 0 Å². The second-order valence-corrected chi connectivity index (χ2v) is 6.96. The molecule has 1 heterocycles. The van der Waals surface area contributed by atoms with Gasteiger partial charge < -0.3 is 10.2 Å². The fraction of sp³-hybridized carbons (Fsp3) is 0.875. The van der Waals surface area contributed by atoms with Crippen LogP contribution in [0.1, 0.15) is 52.9 Å². The topological polar surface area (TPSA) is 49.4 Å². The summed E-state index contributed by atoms with van der Waals surface area (Å²) >= 11 is 0. The number of amides is 2. The van der Waals surface area contributed by atoms with Gasteiger partial charge in [0.1, 0.15) is 6.04 Å². The number of nitrogens with one attached hydrogen (secondary N) is 1. The van der Waals surface area contributed by atoms with E-state index in [-0.39, 0.29) is 30.3 Å². The smallest absolute Gasteiger partial charge is 0.245 e. The van der Waals surface area contributed by atoms with E-state index in [9.17, 15) is 9.59 Å². The first kappa shape index (κ1) is 15.3. The van der Waals surface area contributed by atoms with Gasteiger partial charge in [0.05, 0.1) is 6.54 Å². The number of hydrogen-bond donors (Lipinski definition) is 1. The second kappa shape index (κ2) is 6.59. The lowest BCUT2D eigenvalue weighted by molar-refractivity contribution is -0.145. The van der Waals surface area contributed by atoms with Gasteiger partial charge in [-0.2, -0.15) is 0 Å². The quantitative estimate of drug-likeness (QED) is 0.858. The van der Waals surface area contributed by atoms with Gasteiger partial charge in [0.25, 0.3) is 0 Å². The minimum atomic E-state index is -0.331. The van der Waals surface area contributed by atoms with Crippen LogP contribution in [-0.4, -0.2) is 35.8 Å². The predicted molar refractivity (Wildman–Crippen MR) is 79.1 cm³/mol. The first-order valence-corrected chi connectivity index (χ1v) is 8.05. The minimum Gasteiger partial charge on any atom is -0.343 e. The maximum absolute atomic E-state index is 12.3. The van der Waals surface area contributed by atoms with Gasteiger partial charge in [-0.05, 0) is 24.2 Å². The van der Waals surface area contributed by atoms with Crippen molar-refractivity contribution >= 4 is 11.8 Å². The molecule has 20 heavy (non-hydrogen) atoms. The molecular weight excluding hydrogens is 252 g/mol. The summed E-state index contributed by atoms with van der Waals surface area (Å²) in [5, 5.41) is 2.81. The van der Waals surface area contributed by atoms with Gasteiger partial charge in [0, 0.05) is 6.54 Å². The van der Waals surface area contributed by atoms with Gasteiger partial charge in [0.2, 0.25) is 11.8 Å². The van der Waals surface area contributed by atoms with Crippen molar-refractivity contribution in [3.8, 4) is 0 Å². The first-order valence-electron chi connectivity index (χ1n) is 8.05. The molecule has 1 atom stereocenters. The maximum Gasteiger partial charge on any atom is 0.245 e. The van der Waals surface area contributed by atoms with Crippen molar-refractivity contribution in [1.29, 1.82) is 0 Å². The van der Waals surface area contributed by atoms with E-state index in [0.717, 1.165) is 24.8 Å². The molecular formula is C16H28N2O2. The average Bonchev–Trinajstić information content (AvgIpc) is 2.41. The molecule has 2 aliphatic rings. The molecule has 2 amide bonds. The van der Waals surface area contributed by atoms with Crippen LogP contribution in [0.15, 0.2) is 0 Å². The van der Waals surface area contributed by atoms with Gasteiger partial charge in [-0.1, -0.05) is 46.5 Å². The molecule has 4 heteroatoms. The zero-order valence-corrected chi connectivity index (χ0v) is 13.0. The second-order valence-electron chi connectivity index (χ2n) is 6.96. The summed E-state index contributed by atoms with van der Waals surface area (Å²) < 4.78 is 0. The highest BCUT2D eigenvalue weighted by Crippen LogP contribution is 2.30. The number of carbonyl (C=O) groups is 2. The third-order valence-corrected chi connectivity index (χ3v) is 4.84. The van der Waals surface area contributed by atoms with Crippen LogP contribution >= 0.6 is 0 Å². The third kappa shape index (κ3) is 3.74. The molecule has 1 aliphatic heterocycles. The highest BCUT2D eigenvalue weighted by Gasteiger charge is 2.34. The molecule has 1 unspecified atom stereocenters. The van der Waals surface area contributed by atoms with Crippen LogP contribution in [0.2, 0.25) is 0 Å². The van der Waals surface area contributed by atoms with E-state index in [1.54, 1.807) is 4.90 Å². The van der Waals surface area contributed by atoms with E-state index < -0.39 is 0 Å². The Morgan fingerprint density at radius 1 is 1.20 bits per heavy atom. The molecule has 0 aromatic heterocycles. The third-order valence-electron chi connectivity index (χ3n) is 4.84. The number of carbonyl (C=O) groups excluding carboxylic acids is 2. The van der Waals surface area contributed by atoms with E-state index in [1.807, 2.05) is 13.8 Å². The SMILES string of the molecule is CC1CCC(CCN2CC(=O)NC(C(C)C)C2=O)CC1. The predicted octanol–water partition coefficient (Wildman–Crippen LogP) is 2.19. The summed E-state index contributed by atoms with van der Waals surface area (Å²) in [7, 11) is 0. The molecule has 4 nitrogen and oxygen atoms in total. The molecule has 1 aliphatic carbocycles. The van der Waals surface area contributed by atoms with Gasteiger partial charge in [0.15, 0.2) is 0 Å². The van der Waals surface area contributed by atoms with E-state index >= 15 is 0 Å². The van der Waals surface area contributed by atoms with Crippen LogP contribution in [0, 0.1) is 17.8 Å². The molecule has 0 aromatic carbocycles. The highest BCUT2D eigenvalue weighted by atomic mass is 16.2. The van der Waals surface area contributed by atoms with Crippen LogP contribution < -0.4 is 5.32 Å². The van der Waals surface area contributed by atoms with Crippen molar-refractivity contribution in [2.24, 2.45) is 17.8 Å². The average molecular weight is 280 g/mol. The van der Waals surface area contributed by atoms with E-state index in [0.29, 0.717) is 0 Å². The molecule has 0 spiro atoms. The molecule has 1 saturated carbocycles. The Hall–Kier alpha value is -1.06. The molecule has 0 bridgehead atoms. The van der Waals surface area contributed by atoms with Gasteiger partial charge in [-0.15, -0.1) is 0 Å². The normalized spacial score (nSPS) is 31.6. The van der Waals surface area contributed by atoms with Crippen LogP contribution in [-0.2, 0) is 9.59 Å². The standard InChI is InChI=1S/C16H28N2O2/c1-11(2)15-16(20)18(10-14(19)17-15)9-8-13-6-4-12(3)5-7-13/h11-13,15H,4-10H2,1-3H3,(H,17,19). The number of piperazine rings is 1. The van der Waals surface area contributed by atoms with Crippen molar-refractivity contribution in [1.82, 2.24) is 10.2 Å². The van der Waals surface area contributed by atoms with Crippen LogP contribution in [0.3, 0.4) is 0 Å². The summed E-state index contributed by atoms with van der Waals surface area (Å²) in [5.74, 6) is 1.84. The summed E-state index contributed by atoms with van der Waals surface area (Å²) in [5.41, 5.74) is 0. The highest BCUT2D eigenvalue weighted by molar-refractivity contribution is 5.94. The van der Waals surface area contributed by atoms with E-state index in [1.165, 1.54) is 25.7 Å². The lowest BCUT2D eigenvalue weighted by Crippen LogP contribution is -2.60. The van der Waals surface area contributed by atoms with E-state index in [4.69, 9.17) is 0 Å². The van der Waals surface area contributed by atoms with E-state index in [2.05, 4.69) is 12.2 Å². The van der Waals surface area contributed by atoms with Crippen molar-refractivity contribution < 1.29 is 9.59 Å². The fourth-order valence-corrected chi connectivity index (χ4v) is 3.33. The minimum absolute atomic E-state index is 0.0134. The maximum atomic E-state index is 12.3. The van der Waals surface area contributed by atoms with Crippen molar-refractivity contribution in [2.75, 3.05) is 13.1 Å². The Morgan fingerprint density at radius 3 is 2.45 bits per heavy atom. The first-order chi connectivity index (χ1) is 9.47. The van der Waals surface area contributed by atoms with Crippen LogP contribution in [0.25, 0.3) is 0 Å². The summed E-state index contributed by atoms with van der Waals surface area (Å²) in [6, 6.07) is -0.331. The lowest BCUT2D eigenvalue weighted by Gasteiger charge is -2.35. The van der Waals surface area contributed by atoms with Crippen molar-refractivity contribution in [3.05, 3.63) is 0 Å². The Morgan fingerprint density at radius 2 is 1.85 bits per heavy atom. The molecule has 114 valence electrons. The molecule has 0 aromatic rings. The largest absolute Gasteiger partial charge is 0.343 e. The monoisotopic (exact) mass is 280 g/mol. The zero-order valence-electron chi connectivity index (χ0n) is 13.0. The Labute approximate surface area is 122 Å². The lowest BCUT2D eigenvalue weighted by atomic mass is 9.81. The Bertz CT molecular complexity index is 359. The summed E-state index contributed by atoms with van der Waals surface area (Å²) in [6.45, 7) is 7.27.